The van der Waals surface area contributed by atoms with Gasteiger partial charge in [-0.2, -0.15) is 0 Å². The smallest absolute Gasteiger partial charge is 0.251 e. The minimum absolute atomic E-state index is 0.0395. The highest BCUT2D eigenvalue weighted by atomic mass is 16.1. The number of amides is 1. The van der Waals surface area contributed by atoms with Crippen LogP contribution in [0, 0.1) is 17.8 Å². The Bertz CT molecular complexity index is 860. The molecule has 140 valence electrons. The standard InChI is InChI=1S/C24H28N2O/c1-14(2)25-24(27)18-10-11-20-19(13-18)21-16-8-9-17(12-16)22(21)23(26-20)15-6-4-3-5-7-15/h3-7,10-11,13-14,16-17,21-23,26H,8-9,12H2,1-2H3,(H,25,27)/t16-,17-,21-,22+,23+/m0/s1. The van der Waals surface area contributed by atoms with Crippen LogP contribution >= 0.6 is 0 Å². The molecule has 2 N–H and O–H groups in total. The van der Waals surface area contributed by atoms with Gasteiger partial charge in [-0.25, -0.2) is 0 Å². The average Bonchev–Trinajstić information content (AvgIpc) is 3.29. The summed E-state index contributed by atoms with van der Waals surface area (Å²) in [7, 11) is 0. The van der Waals surface area contributed by atoms with Gasteiger partial charge in [-0.05, 0) is 86.1 Å². The zero-order valence-corrected chi connectivity index (χ0v) is 16.1. The molecule has 5 rings (SSSR count). The lowest BCUT2D eigenvalue weighted by molar-refractivity contribution is 0.0943. The predicted molar refractivity (Wildman–Crippen MR) is 109 cm³/mol. The first-order valence-corrected chi connectivity index (χ1v) is 10.4. The van der Waals surface area contributed by atoms with E-state index in [9.17, 15) is 4.79 Å². The predicted octanol–water partition coefficient (Wildman–Crippen LogP) is 5.12. The zero-order chi connectivity index (χ0) is 18.5. The maximum Gasteiger partial charge on any atom is 0.251 e. The Balaban J connectivity index is 1.55. The molecule has 5 atom stereocenters. The molecular weight excluding hydrogens is 332 g/mol. The highest BCUT2D eigenvalue weighted by Gasteiger charge is 2.53. The van der Waals surface area contributed by atoms with Crippen molar-refractivity contribution in [3.05, 3.63) is 65.2 Å². The molecule has 3 nitrogen and oxygen atoms in total. The summed E-state index contributed by atoms with van der Waals surface area (Å²) in [6.07, 6.45) is 4.05. The van der Waals surface area contributed by atoms with Crippen LogP contribution in [0.5, 0.6) is 0 Å². The Morgan fingerprint density at radius 2 is 1.85 bits per heavy atom. The summed E-state index contributed by atoms with van der Waals surface area (Å²) in [4.78, 5) is 12.5. The lowest BCUT2D eigenvalue weighted by Crippen LogP contribution is -2.36. The number of anilines is 1. The van der Waals surface area contributed by atoms with E-state index >= 15 is 0 Å². The number of hydrogen-bond donors (Lipinski definition) is 2. The van der Waals surface area contributed by atoms with E-state index in [0.29, 0.717) is 17.9 Å². The molecule has 3 heteroatoms. The summed E-state index contributed by atoms with van der Waals surface area (Å²) in [5.41, 5.74) is 4.78. The molecular formula is C24H28N2O. The van der Waals surface area contributed by atoms with E-state index < -0.39 is 0 Å². The SMILES string of the molecule is CC(C)NC(=O)c1ccc2c(c1)[C@@H]1[C@H]3CC[C@@H](C3)[C@H]1[C@@H](c1ccccc1)N2. The minimum Gasteiger partial charge on any atom is -0.378 e. The Morgan fingerprint density at radius 3 is 2.63 bits per heavy atom. The molecule has 2 aliphatic carbocycles. The lowest BCUT2D eigenvalue weighted by Gasteiger charge is -2.43. The second-order valence-electron chi connectivity index (χ2n) is 8.90. The van der Waals surface area contributed by atoms with Gasteiger partial charge in [0.05, 0.1) is 6.04 Å². The van der Waals surface area contributed by atoms with Gasteiger partial charge in [0.2, 0.25) is 0 Å². The minimum atomic E-state index is 0.0395. The Morgan fingerprint density at radius 1 is 1.07 bits per heavy atom. The number of benzene rings is 2. The molecule has 1 amide bonds. The second kappa shape index (κ2) is 6.40. The first-order valence-electron chi connectivity index (χ1n) is 10.4. The molecule has 1 heterocycles. The van der Waals surface area contributed by atoms with Crippen molar-refractivity contribution in [3.63, 3.8) is 0 Å². The van der Waals surface area contributed by atoms with Crippen LogP contribution in [-0.4, -0.2) is 11.9 Å². The van der Waals surface area contributed by atoms with Crippen LogP contribution in [0.25, 0.3) is 0 Å². The van der Waals surface area contributed by atoms with Gasteiger partial charge in [0.1, 0.15) is 0 Å². The summed E-state index contributed by atoms with van der Waals surface area (Å²) < 4.78 is 0. The molecule has 0 spiro atoms. The van der Waals surface area contributed by atoms with Gasteiger partial charge >= 0.3 is 0 Å². The summed E-state index contributed by atoms with van der Waals surface area (Å²) in [5, 5.41) is 6.88. The van der Waals surface area contributed by atoms with E-state index in [-0.39, 0.29) is 11.9 Å². The number of nitrogens with one attached hydrogen (secondary N) is 2. The molecule has 2 fully saturated rings. The molecule has 1 aliphatic heterocycles. The molecule has 0 radical (unpaired) electrons. The van der Waals surface area contributed by atoms with E-state index in [1.165, 1.54) is 36.1 Å². The van der Waals surface area contributed by atoms with Crippen molar-refractivity contribution in [1.29, 1.82) is 0 Å². The fourth-order valence-corrected chi connectivity index (χ4v) is 5.96. The number of fused-ring (bicyclic) bond motifs is 7. The Hall–Kier alpha value is -2.29. The average molecular weight is 361 g/mol. The van der Waals surface area contributed by atoms with E-state index in [0.717, 1.165) is 17.4 Å². The Kier molecular flexibility index (Phi) is 3.99. The number of carbonyl (C=O) groups is 1. The summed E-state index contributed by atoms with van der Waals surface area (Å²) in [6, 6.07) is 17.7. The monoisotopic (exact) mass is 360 g/mol. The van der Waals surface area contributed by atoms with E-state index in [1.807, 2.05) is 19.9 Å². The van der Waals surface area contributed by atoms with Crippen LogP contribution in [0.1, 0.15) is 66.6 Å². The molecule has 2 saturated carbocycles. The van der Waals surface area contributed by atoms with Gasteiger partial charge in [0.25, 0.3) is 5.91 Å². The van der Waals surface area contributed by atoms with Crippen molar-refractivity contribution in [1.82, 2.24) is 5.32 Å². The third-order valence-electron chi connectivity index (χ3n) is 6.93. The van der Waals surface area contributed by atoms with Crippen LogP contribution in [0.4, 0.5) is 5.69 Å². The zero-order valence-electron chi connectivity index (χ0n) is 16.1. The van der Waals surface area contributed by atoms with Gasteiger partial charge in [0.15, 0.2) is 0 Å². The van der Waals surface area contributed by atoms with Gasteiger partial charge in [-0.1, -0.05) is 30.3 Å². The van der Waals surface area contributed by atoms with E-state index in [4.69, 9.17) is 0 Å². The van der Waals surface area contributed by atoms with Crippen LogP contribution in [0.15, 0.2) is 48.5 Å². The lowest BCUT2D eigenvalue weighted by atomic mass is 9.68. The molecule has 27 heavy (non-hydrogen) atoms. The fourth-order valence-electron chi connectivity index (χ4n) is 5.96. The third kappa shape index (κ3) is 2.75. The largest absolute Gasteiger partial charge is 0.378 e. The molecule has 0 saturated heterocycles. The van der Waals surface area contributed by atoms with Crippen molar-refractivity contribution < 1.29 is 4.79 Å². The maximum atomic E-state index is 12.5. The molecule has 3 aliphatic rings. The maximum absolute atomic E-state index is 12.5. The van der Waals surface area contributed by atoms with Crippen molar-refractivity contribution in [2.45, 2.75) is 51.1 Å². The molecule has 2 aromatic carbocycles. The van der Waals surface area contributed by atoms with Gasteiger partial charge in [0, 0.05) is 17.3 Å². The van der Waals surface area contributed by atoms with Crippen molar-refractivity contribution in [2.75, 3.05) is 5.32 Å². The van der Waals surface area contributed by atoms with Gasteiger partial charge in [-0.3, -0.25) is 4.79 Å². The van der Waals surface area contributed by atoms with Crippen LogP contribution < -0.4 is 10.6 Å². The van der Waals surface area contributed by atoms with Crippen LogP contribution in [0.3, 0.4) is 0 Å². The molecule has 0 unspecified atom stereocenters. The molecule has 0 aromatic heterocycles. The van der Waals surface area contributed by atoms with Crippen molar-refractivity contribution >= 4 is 11.6 Å². The summed E-state index contributed by atoms with van der Waals surface area (Å²) in [5.74, 6) is 2.84. The molecule has 2 bridgehead atoms. The van der Waals surface area contributed by atoms with Crippen LogP contribution in [-0.2, 0) is 0 Å². The van der Waals surface area contributed by atoms with Crippen molar-refractivity contribution in [3.8, 4) is 0 Å². The number of carbonyl (C=O) groups excluding carboxylic acids is 1. The van der Waals surface area contributed by atoms with E-state index in [1.54, 1.807) is 0 Å². The van der Waals surface area contributed by atoms with Gasteiger partial charge < -0.3 is 10.6 Å². The Labute approximate surface area is 161 Å². The molecule has 2 aromatic rings. The van der Waals surface area contributed by atoms with E-state index in [2.05, 4.69) is 53.1 Å². The summed E-state index contributed by atoms with van der Waals surface area (Å²) >= 11 is 0. The quantitative estimate of drug-likeness (QED) is 0.797. The third-order valence-corrected chi connectivity index (χ3v) is 6.93. The number of hydrogen-bond acceptors (Lipinski definition) is 2. The highest BCUT2D eigenvalue weighted by Crippen LogP contribution is 2.63. The van der Waals surface area contributed by atoms with Gasteiger partial charge in [-0.15, -0.1) is 0 Å². The van der Waals surface area contributed by atoms with Crippen LogP contribution in [0.2, 0.25) is 0 Å². The summed E-state index contributed by atoms with van der Waals surface area (Å²) in [6.45, 7) is 4.02. The first kappa shape index (κ1) is 16.9. The highest BCUT2D eigenvalue weighted by molar-refractivity contribution is 5.95. The second-order valence-corrected chi connectivity index (χ2v) is 8.90. The number of rotatable bonds is 3. The topological polar surface area (TPSA) is 41.1 Å². The van der Waals surface area contributed by atoms with Crippen molar-refractivity contribution in [2.24, 2.45) is 17.8 Å². The normalized spacial score (nSPS) is 30.6. The first-order chi connectivity index (χ1) is 13.1. The fraction of sp³-hybridized carbons (Fsp3) is 0.458.